The average Bonchev–Trinajstić information content (AvgIpc) is 3.03. The number of amides is 1. The molecule has 1 saturated heterocycles. The predicted octanol–water partition coefficient (Wildman–Crippen LogP) is 4.29. The maximum atomic E-state index is 13.3. The number of halogens is 2. The van der Waals surface area contributed by atoms with Crippen molar-refractivity contribution < 1.29 is 17.9 Å². The van der Waals surface area contributed by atoms with Gasteiger partial charge in [0.1, 0.15) is 5.75 Å². The Hall–Kier alpha value is -1.76. The zero-order valence-corrected chi connectivity index (χ0v) is 18.6. The van der Waals surface area contributed by atoms with Crippen LogP contribution in [0.15, 0.2) is 42.5 Å². The van der Waals surface area contributed by atoms with Crippen molar-refractivity contribution in [3.8, 4) is 5.75 Å². The fourth-order valence-corrected chi connectivity index (χ4v) is 5.44. The molecule has 0 saturated carbocycles. The highest BCUT2D eigenvalue weighted by atomic mass is 35.5. The molecule has 0 spiro atoms. The van der Waals surface area contributed by atoms with Gasteiger partial charge in [-0.1, -0.05) is 41.4 Å². The van der Waals surface area contributed by atoms with Crippen LogP contribution >= 0.6 is 23.2 Å². The van der Waals surface area contributed by atoms with Gasteiger partial charge in [-0.2, -0.15) is 0 Å². The van der Waals surface area contributed by atoms with E-state index in [4.69, 9.17) is 27.9 Å². The smallest absolute Gasteiger partial charge is 0.263 e. The lowest BCUT2D eigenvalue weighted by atomic mass is 10.1. The van der Waals surface area contributed by atoms with Crippen molar-refractivity contribution in [3.05, 3.63) is 63.6 Å². The van der Waals surface area contributed by atoms with Gasteiger partial charge in [-0.15, -0.1) is 0 Å². The predicted molar refractivity (Wildman–Crippen MR) is 115 cm³/mol. The second-order valence-electron chi connectivity index (χ2n) is 7.29. The van der Waals surface area contributed by atoms with Gasteiger partial charge >= 0.3 is 0 Å². The molecule has 0 radical (unpaired) electrons. The number of aryl methyl sites for hydroxylation is 1. The molecule has 2 atom stereocenters. The van der Waals surface area contributed by atoms with Crippen LogP contribution < -0.4 is 4.74 Å². The Morgan fingerprint density at radius 1 is 1.21 bits per heavy atom. The summed E-state index contributed by atoms with van der Waals surface area (Å²) in [5.41, 5.74) is 1.61. The average molecular weight is 456 g/mol. The van der Waals surface area contributed by atoms with Gasteiger partial charge < -0.3 is 9.64 Å². The van der Waals surface area contributed by atoms with E-state index in [0.717, 1.165) is 11.1 Å². The normalized spacial score (nSPS) is 19.0. The molecule has 1 aliphatic heterocycles. The lowest BCUT2D eigenvalue weighted by molar-refractivity contribution is -0.140. The number of carbonyl (C=O) groups excluding carboxylic acids is 1. The lowest BCUT2D eigenvalue weighted by Crippen LogP contribution is -2.46. The Balaban J connectivity index is 1.82. The van der Waals surface area contributed by atoms with Crippen LogP contribution in [0.2, 0.25) is 10.0 Å². The molecule has 0 aliphatic carbocycles. The van der Waals surface area contributed by atoms with Gasteiger partial charge in [0.15, 0.2) is 15.9 Å². The second-order valence-corrected chi connectivity index (χ2v) is 10.3. The third kappa shape index (κ3) is 5.44. The van der Waals surface area contributed by atoms with Crippen LogP contribution in [0.1, 0.15) is 24.5 Å². The number of hydrogen-bond acceptors (Lipinski definition) is 4. The molecule has 0 bridgehead atoms. The lowest BCUT2D eigenvalue weighted by Gasteiger charge is -2.31. The molecule has 0 aromatic heterocycles. The number of ether oxygens (including phenoxy) is 1. The Morgan fingerprint density at radius 2 is 1.93 bits per heavy atom. The zero-order valence-electron chi connectivity index (χ0n) is 16.3. The van der Waals surface area contributed by atoms with Crippen molar-refractivity contribution in [1.82, 2.24) is 4.90 Å². The summed E-state index contributed by atoms with van der Waals surface area (Å²) in [4.78, 5) is 14.8. The first-order chi connectivity index (χ1) is 13.7. The summed E-state index contributed by atoms with van der Waals surface area (Å²) in [6, 6.07) is 12.0. The van der Waals surface area contributed by atoms with E-state index in [1.807, 2.05) is 25.1 Å². The Bertz CT molecular complexity index is 1010. The van der Waals surface area contributed by atoms with Gasteiger partial charge in [0.05, 0.1) is 11.5 Å². The molecule has 2 aromatic carbocycles. The molecule has 29 heavy (non-hydrogen) atoms. The van der Waals surface area contributed by atoms with Crippen molar-refractivity contribution in [2.45, 2.75) is 39.0 Å². The minimum absolute atomic E-state index is 0.0457. The summed E-state index contributed by atoms with van der Waals surface area (Å²) in [6.45, 7) is 3.75. The van der Waals surface area contributed by atoms with E-state index in [9.17, 15) is 13.2 Å². The summed E-state index contributed by atoms with van der Waals surface area (Å²) in [5.74, 6) is 0.287. The summed E-state index contributed by atoms with van der Waals surface area (Å²) >= 11 is 12.3. The maximum absolute atomic E-state index is 13.3. The highest BCUT2D eigenvalue weighted by molar-refractivity contribution is 7.91. The molecule has 2 aromatic rings. The van der Waals surface area contributed by atoms with Crippen molar-refractivity contribution in [2.24, 2.45) is 0 Å². The zero-order chi connectivity index (χ0) is 21.2. The third-order valence-corrected chi connectivity index (χ3v) is 7.56. The molecule has 5 nitrogen and oxygen atoms in total. The highest BCUT2D eigenvalue weighted by Gasteiger charge is 2.36. The summed E-state index contributed by atoms with van der Waals surface area (Å²) in [5, 5.41) is 1.15. The van der Waals surface area contributed by atoms with E-state index in [-0.39, 0.29) is 24.0 Å². The van der Waals surface area contributed by atoms with E-state index in [1.165, 1.54) is 0 Å². The SMILES string of the molecule is Cc1cc(O[C@@H](C)C(=O)N(Cc2ccccc2Cl)[C@@H]2CCS(=O)(=O)C2)ccc1Cl. The Kier molecular flexibility index (Phi) is 6.76. The molecule has 156 valence electrons. The monoisotopic (exact) mass is 455 g/mol. The van der Waals surface area contributed by atoms with Crippen LogP contribution in [0.3, 0.4) is 0 Å². The van der Waals surface area contributed by atoms with Gasteiger partial charge in [0, 0.05) is 22.6 Å². The van der Waals surface area contributed by atoms with Crippen molar-refractivity contribution >= 4 is 38.9 Å². The molecular formula is C21H23Cl2NO4S. The van der Waals surface area contributed by atoms with Crippen molar-refractivity contribution in [2.75, 3.05) is 11.5 Å². The molecule has 1 fully saturated rings. The fraction of sp³-hybridized carbons (Fsp3) is 0.381. The quantitative estimate of drug-likeness (QED) is 0.651. The molecule has 0 unspecified atom stereocenters. The van der Waals surface area contributed by atoms with Crippen LogP contribution in [-0.4, -0.2) is 42.9 Å². The van der Waals surface area contributed by atoms with E-state index < -0.39 is 22.0 Å². The van der Waals surface area contributed by atoms with Gasteiger partial charge in [-0.25, -0.2) is 8.42 Å². The fourth-order valence-electron chi connectivity index (χ4n) is 3.40. The number of hydrogen-bond donors (Lipinski definition) is 0. The third-order valence-electron chi connectivity index (χ3n) is 5.02. The minimum atomic E-state index is -3.15. The highest BCUT2D eigenvalue weighted by Crippen LogP contribution is 2.26. The number of rotatable bonds is 6. The molecule has 1 aliphatic rings. The Morgan fingerprint density at radius 3 is 2.55 bits per heavy atom. The largest absolute Gasteiger partial charge is 0.481 e. The molecule has 3 rings (SSSR count). The first kappa shape index (κ1) is 21.9. The number of nitrogens with zero attached hydrogens (tertiary/aromatic N) is 1. The van der Waals surface area contributed by atoms with Gasteiger partial charge in [-0.3, -0.25) is 4.79 Å². The van der Waals surface area contributed by atoms with Crippen LogP contribution in [-0.2, 0) is 21.2 Å². The molecular weight excluding hydrogens is 433 g/mol. The molecule has 1 heterocycles. The second kappa shape index (κ2) is 8.94. The van der Waals surface area contributed by atoms with Gasteiger partial charge in [0.25, 0.3) is 5.91 Å². The van der Waals surface area contributed by atoms with Crippen LogP contribution in [0.25, 0.3) is 0 Å². The van der Waals surface area contributed by atoms with Gasteiger partial charge in [0.2, 0.25) is 0 Å². The van der Waals surface area contributed by atoms with Crippen LogP contribution in [0, 0.1) is 6.92 Å². The number of carbonyl (C=O) groups is 1. The number of benzene rings is 2. The summed E-state index contributed by atoms with van der Waals surface area (Å²) in [7, 11) is -3.15. The molecule has 1 amide bonds. The first-order valence-electron chi connectivity index (χ1n) is 9.33. The standard InChI is InChI=1S/C21H23Cl2NO4S/c1-14-11-18(7-8-19(14)22)28-15(2)21(25)24(17-9-10-29(26,27)13-17)12-16-5-3-4-6-20(16)23/h3-8,11,15,17H,9-10,12-13H2,1-2H3/t15-,17+/m0/s1. The molecule has 0 N–H and O–H groups in total. The summed E-state index contributed by atoms with van der Waals surface area (Å²) in [6.07, 6.45) is -0.382. The van der Waals surface area contributed by atoms with E-state index >= 15 is 0 Å². The van der Waals surface area contributed by atoms with Crippen LogP contribution in [0.5, 0.6) is 5.75 Å². The topological polar surface area (TPSA) is 63.7 Å². The minimum Gasteiger partial charge on any atom is -0.481 e. The Labute approximate surface area is 181 Å². The van der Waals surface area contributed by atoms with E-state index in [1.54, 1.807) is 36.1 Å². The van der Waals surface area contributed by atoms with Gasteiger partial charge in [-0.05, 0) is 55.7 Å². The van der Waals surface area contributed by atoms with E-state index in [0.29, 0.717) is 22.2 Å². The maximum Gasteiger partial charge on any atom is 0.263 e. The summed E-state index contributed by atoms with van der Waals surface area (Å²) < 4.78 is 29.9. The number of sulfone groups is 1. The van der Waals surface area contributed by atoms with Crippen LogP contribution in [0.4, 0.5) is 0 Å². The van der Waals surface area contributed by atoms with Crippen molar-refractivity contribution in [3.63, 3.8) is 0 Å². The van der Waals surface area contributed by atoms with E-state index in [2.05, 4.69) is 0 Å². The van der Waals surface area contributed by atoms with Crippen molar-refractivity contribution in [1.29, 1.82) is 0 Å². The molecule has 8 heteroatoms. The first-order valence-corrected chi connectivity index (χ1v) is 11.9.